The van der Waals surface area contributed by atoms with Gasteiger partial charge < -0.3 is 24.4 Å². The van der Waals surface area contributed by atoms with E-state index in [0.29, 0.717) is 25.6 Å². The lowest BCUT2D eigenvalue weighted by Gasteiger charge is -2.23. The van der Waals surface area contributed by atoms with E-state index in [1.807, 2.05) is 49.2 Å². The highest BCUT2D eigenvalue weighted by molar-refractivity contribution is 14.0. The molecule has 0 atom stereocenters. The Morgan fingerprint density at radius 2 is 1.96 bits per heavy atom. The number of aromatic nitrogens is 1. The predicted octanol–water partition coefficient (Wildman–Crippen LogP) is 3.32. The van der Waals surface area contributed by atoms with Crippen LogP contribution in [-0.2, 0) is 13.1 Å². The molecule has 0 aliphatic carbocycles. The van der Waals surface area contributed by atoms with E-state index in [0.717, 1.165) is 28.6 Å². The number of benzene rings is 1. The summed E-state index contributed by atoms with van der Waals surface area (Å²) in [5.41, 5.74) is 2.12. The quantitative estimate of drug-likeness (QED) is 0.341. The van der Waals surface area contributed by atoms with Crippen LogP contribution in [0, 0.1) is 0 Å². The van der Waals surface area contributed by atoms with Gasteiger partial charge in [0.2, 0.25) is 5.88 Å². The first-order chi connectivity index (χ1) is 13.1. The Hall–Kier alpha value is -2.23. The topological polar surface area (TPSA) is 68.2 Å². The molecule has 0 aliphatic heterocycles. The fourth-order valence-corrected chi connectivity index (χ4v) is 2.67. The number of halogens is 1. The largest absolute Gasteiger partial charge is 0.497 e. The maximum atomic E-state index is 5.48. The van der Waals surface area contributed by atoms with Gasteiger partial charge in [0, 0.05) is 51.1 Å². The summed E-state index contributed by atoms with van der Waals surface area (Å²) < 4.78 is 16.2. The highest BCUT2D eigenvalue weighted by Gasteiger charge is 2.11. The molecule has 0 bridgehead atoms. The zero-order valence-corrected chi connectivity index (χ0v) is 19.4. The summed E-state index contributed by atoms with van der Waals surface area (Å²) in [5, 5.41) is 3.36. The van der Waals surface area contributed by atoms with Gasteiger partial charge in [0.1, 0.15) is 11.5 Å². The molecule has 0 radical (unpaired) electrons. The summed E-state index contributed by atoms with van der Waals surface area (Å²) in [6.45, 7) is 3.81. The molecule has 1 aromatic carbocycles. The van der Waals surface area contributed by atoms with E-state index < -0.39 is 0 Å². The Bertz CT molecular complexity index is 771. The van der Waals surface area contributed by atoms with Crippen LogP contribution in [0.3, 0.4) is 0 Å². The fourth-order valence-electron chi connectivity index (χ4n) is 2.67. The van der Waals surface area contributed by atoms with Gasteiger partial charge in [-0.15, -0.1) is 24.0 Å². The summed E-state index contributed by atoms with van der Waals surface area (Å²) in [4.78, 5) is 10.6. The van der Waals surface area contributed by atoms with Gasteiger partial charge in [0.15, 0.2) is 5.96 Å². The second-order valence-corrected chi connectivity index (χ2v) is 5.87. The smallest absolute Gasteiger partial charge is 0.213 e. The van der Waals surface area contributed by atoms with Crippen molar-refractivity contribution >= 4 is 29.9 Å². The molecule has 28 heavy (non-hydrogen) atoms. The molecule has 2 aromatic rings. The van der Waals surface area contributed by atoms with Crippen LogP contribution >= 0.6 is 24.0 Å². The third kappa shape index (κ3) is 6.74. The number of hydrogen-bond donors (Lipinski definition) is 1. The van der Waals surface area contributed by atoms with Crippen molar-refractivity contribution in [2.45, 2.75) is 20.0 Å². The number of rotatable bonds is 8. The van der Waals surface area contributed by atoms with Gasteiger partial charge in [0.25, 0.3) is 0 Å². The van der Waals surface area contributed by atoms with Crippen molar-refractivity contribution in [1.82, 2.24) is 15.2 Å². The van der Waals surface area contributed by atoms with Crippen molar-refractivity contribution in [3.8, 4) is 17.4 Å². The lowest BCUT2D eigenvalue weighted by Crippen LogP contribution is -2.38. The highest BCUT2D eigenvalue weighted by atomic mass is 127. The Kier molecular flexibility index (Phi) is 10.4. The molecule has 2 rings (SSSR count). The number of pyridine rings is 1. The van der Waals surface area contributed by atoms with Gasteiger partial charge in [-0.25, -0.2) is 4.98 Å². The van der Waals surface area contributed by atoms with E-state index >= 15 is 0 Å². The zero-order chi connectivity index (χ0) is 19.6. The van der Waals surface area contributed by atoms with E-state index in [1.54, 1.807) is 27.5 Å². The standard InChI is InChI=1S/C20H28N4O3.HI/c1-6-27-19-11-15(9-10-22-19)13-23-20(21-2)24(3)14-16-7-8-17(25-4)12-18(16)26-5;/h7-12H,6,13-14H2,1-5H3,(H,21,23);1H. The molecule has 7 nitrogen and oxygen atoms in total. The Balaban J connectivity index is 0.00000392. The summed E-state index contributed by atoms with van der Waals surface area (Å²) >= 11 is 0. The van der Waals surface area contributed by atoms with Crippen LogP contribution in [0.5, 0.6) is 17.4 Å². The van der Waals surface area contributed by atoms with Gasteiger partial charge in [0.05, 0.1) is 20.8 Å². The number of nitrogens with zero attached hydrogens (tertiary/aromatic N) is 3. The van der Waals surface area contributed by atoms with Crippen LogP contribution in [0.1, 0.15) is 18.1 Å². The SMILES string of the molecule is CCOc1cc(CNC(=NC)N(C)Cc2ccc(OC)cc2OC)ccn1.I. The van der Waals surface area contributed by atoms with E-state index in [2.05, 4.69) is 15.3 Å². The van der Waals surface area contributed by atoms with Crippen molar-refractivity contribution in [2.75, 3.05) is 34.9 Å². The number of methoxy groups -OCH3 is 2. The zero-order valence-electron chi connectivity index (χ0n) is 17.1. The summed E-state index contributed by atoms with van der Waals surface area (Å²) in [6, 6.07) is 9.68. The molecule has 1 heterocycles. The second-order valence-electron chi connectivity index (χ2n) is 5.87. The van der Waals surface area contributed by atoms with Crippen molar-refractivity contribution in [3.63, 3.8) is 0 Å². The monoisotopic (exact) mass is 500 g/mol. The molecule has 1 N–H and O–H groups in total. The van der Waals surface area contributed by atoms with Crippen LogP contribution in [0.25, 0.3) is 0 Å². The number of guanidine groups is 1. The van der Waals surface area contributed by atoms with Crippen molar-refractivity contribution in [2.24, 2.45) is 4.99 Å². The van der Waals surface area contributed by atoms with Gasteiger partial charge in [-0.05, 0) is 30.7 Å². The molecule has 0 unspecified atom stereocenters. The maximum absolute atomic E-state index is 5.48. The van der Waals surface area contributed by atoms with Crippen LogP contribution in [-0.4, -0.2) is 50.8 Å². The highest BCUT2D eigenvalue weighted by Crippen LogP contribution is 2.25. The second kappa shape index (κ2) is 12.3. The van der Waals surface area contributed by atoms with E-state index in [-0.39, 0.29) is 24.0 Å². The average Bonchev–Trinajstić information content (AvgIpc) is 2.69. The minimum atomic E-state index is 0. The average molecular weight is 500 g/mol. The Labute approximate surface area is 184 Å². The minimum Gasteiger partial charge on any atom is -0.497 e. The van der Waals surface area contributed by atoms with E-state index in [9.17, 15) is 0 Å². The number of hydrogen-bond acceptors (Lipinski definition) is 5. The third-order valence-electron chi connectivity index (χ3n) is 4.02. The molecule has 0 aliphatic rings. The molecule has 0 amide bonds. The number of ether oxygens (including phenoxy) is 3. The Morgan fingerprint density at radius 3 is 2.61 bits per heavy atom. The molecule has 0 saturated heterocycles. The Morgan fingerprint density at radius 1 is 1.18 bits per heavy atom. The first-order valence-electron chi connectivity index (χ1n) is 8.81. The number of nitrogens with one attached hydrogen (secondary N) is 1. The van der Waals surface area contributed by atoms with E-state index in [1.165, 1.54) is 0 Å². The summed E-state index contributed by atoms with van der Waals surface area (Å²) in [7, 11) is 7.05. The predicted molar refractivity (Wildman–Crippen MR) is 122 cm³/mol. The van der Waals surface area contributed by atoms with Gasteiger partial charge >= 0.3 is 0 Å². The molecule has 154 valence electrons. The first kappa shape index (κ1) is 23.8. The van der Waals surface area contributed by atoms with Gasteiger partial charge in [-0.3, -0.25) is 4.99 Å². The summed E-state index contributed by atoms with van der Waals surface area (Å²) in [5.74, 6) is 2.96. The summed E-state index contributed by atoms with van der Waals surface area (Å²) in [6.07, 6.45) is 1.75. The third-order valence-corrected chi connectivity index (χ3v) is 4.02. The molecule has 0 saturated carbocycles. The lowest BCUT2D eigenvalue weighted by atomic mass is 10.2. The van der Waals surface area contributed by atoms with Gasteiger partial charge in [-0.2, -0.15) is 0 Å². The maximum Gasteiger partial charge on any atom is 0.213 e. The van der Waals surface area contributed by atoms with Crippen LogP contribution < -0.4 is 19.5 Å². The molecule has 0 fully saturated rings. The van der Waals surface area contributed by atoms with Crippen molar-refractivity contribution < 1.29 is 14.2 Å². The molecule has 8 heteroatoms. The van der Waals surface area contributed by atoms with Crippen molar-refractivity contribution in [3.05, 3.63) is 47.7 Å². The van der Waals surface area contributed by atoms with Crippen LogP contribution in [0.2, 0.25) is 0 Å². The normalized spacial score (nSPS) is 10.7. The molecular formula is C20H29IN4O3. The fraction of sp³-hybridized carbons (Fsp3) is 0.400. The minimum absolute atomic E-state index is 0. The van der Waals surface area contributed by atoms with Crippen LogP contribution in [0.4, 0.5) is 0 Å². The van der Waals surface area contributed by atoms with Crippen LogP contribution in [0.15, 0.2) is 41.5 Å². The first-order valence-corrected chi connectivity index (χ1v) is 8.81. The molecule has 1 aromatic heterocycles. The lowest BCUT2D eigenvalue weighted by molar-refractivity contribution is 0.326. The van der Waals surface area contributed by atoms with Crippen molar-refractivity contribution in [1.29, 1.82) is 0 Å². The molecular weight excluding hydrogens is 471 g/mol. The number of aliphatic imine (C=N–C) groups is 1. The van der Waals surface area contributed by atoms with E-state index in [4.69, 9.17) is 14.2 Å². The van der Waals surface area contributed by atoms with Gasteiger partial charge in [-0.1, -0.05) is 0 Å². The molecule has 0 spiro atoms.